The number of imidazole rings is 1. The summed E-state index contributed by atoms with van der Waals surface area (Å²) in [4.78, 5) is 46.4. The van der Waals surface area contributed by atoms with Gasteiger partial charge in [-0.05, 0) is 15.9 Å². The fraction of sp³-hybridized carbons (Fsp3) is 0.588. The van der Waals surface area contributed by atoms with Gasteiger partial charge in [0.15, 0.2) is 15.9 Å². The van der Waals surface area contributed by atoms with E-state index < -0.39 is 5.56 Å². The molecule has 28 heavy (non-hydrogen) atoms. The number of anilines is 1. The van der Waals surface area contributed by atoms with E-state index in [0.29, 0.717) is 23.5 Å². The Bertz CT molecular complexity index is 905. The van der Waals surface area contributed by atoms with Gasteiger partial charge in [-0.25, -0.2) is 4.98 Å². The van der Waals surface area contributed by atoms with Crippen molar-refractivity contribution in [1.82, 2.24) is 19.5 Å². The summed E-state index contributed by atoms with van der Waals surface area (Å²) in [6, 6.07) is 0. The van der Waals surface area contributed by atoms with Gasteiger partial charge in [-0.2, -0.15) is 4.98 Å². The standard InChI is InChI=1S/C17H24BrN5O5/c1-9(2)13(24)21-17-20-12-11(14(25)22-17)19-16(18)23(12)5-6-27-7-8-28-15(26)10(3)4/h9-10H,5-8H2,1-4H3,(H2,20,21,22,24,25). The minimum absolute atomic E-state index is 0.0615. The zero-order valence-corrected chi connectivity index (χ0v) is 17.8. The van der Waals surface area contributed by atoms with Gasteiger partial charge in [0.2, 0.25) is 11.9 Å². The van der Waals surface area contributed by atoms with Gasteiger partial charge in [0, 0.05) is 5.92 Å². The summed E-state index contributed by atoms with van der Waals surface area (Å²) >= 11 is 3.31. The molecule has 154 valence electrons. The van der Waals surface area contributed by atoms with E-state index >= 15 is 0 Å². The summed E-state index contributed by atoms with van der Waals surface area (Å²) in [7, 11) is 0. The molecule has 11 heteroatoms. The van der Waals surface area contributed by atoms with E-state index in [1.165, 1.54) is 0 Å². The van der Waals surface area contributed by atoms with Crippen LogP contribution < -0.4 is 10.9 Å². The van der Waals surface area contributed by atoms with Crippen molar-refractivity contribution >= 4 is 44.9 Å². The molecule has 2 aromatic heterocycles. The SMILES string of the molecule is CC(C)C(=O)Nc1nc2c(nc(Br)n2CCOCCOC(=O)C(C)C)c(=O)[nH]1. The number of rotatable bonds is 9. The van der Waals surface area contributed by atoms with Crippen molar-refractivity contribution in [3.05, 3.63) is 15.1 Å². The number of nitrogens with one attached hydrogen (secondary N) is 2. The Morgan fingerprint density at radius 3 is 2.50 bits per heavy atom. The molecule has 0 atom stereocenters. The third-order valence-electron chi connectivity index (χ3n) is 3.73. The van der Waals surface area contributed by atoms with Crippen LogP contribution in [0.4, 0.5) is 5.95 Å². The van der Waals surface area contributed by atoms with Crippen LogP contribution in [-0.4, -0.2) is 51.2 Å². The first-order valence-corrected chi connectivity index (χ1v) is 9.71. The molecule has 2 aromatic rings. The average Bonchev–Trinajstić information content (AvgIpc) is 2.93. The molecule has 0 fully saturated rings. The van der Waals surface area contributed by atoms with Crippen LogP contribution in [0.25, 0.3) is 11.2 Å². The van der Waals surface area contributed by atoms with E-state index in [1.54, 1.807) is 32.3 Å². The molecule has 0 spiro atoms. The average molecular weight is 458 g/mol. The molecule has 0 aromatic carbocycles. The normalized spacial score (nSPS) is 11.4. The molecule has 1 amide bonds. The van der Waals surface area contributed by atoms with Gasteiger partial charge >= 0.3 is 5.97 Å². The predicted octanol–water partition coefficient (Wildman–Crippen LogP) is 1.69. The number of carbonyl (C=O) groups is 2. The molecule has 2 rings (SSSR count). The number of ether oxygens (including phenoxy) is 2. The second-order valence-electron chi connectivity index (χ2n) is 6.70. The molecule has 0 aliphatic rings. The van der Waals surface area contributed by atoms with Crippen molar-refractivity contribution in [2.24, 2.45) is 11.8 Å². The number of hydrogen-bond donors (Lipinski definition) is 2. The number of aromatic amines is 1. The maximum absolute atomic E-state index is 12.2. The van der Waals surface area contributed by atoms with Crippen LogP contribution >= 0.6 is 15.9 Å². The zero-order chi connectivity index (χ0) is 20.8. The second kappa shape index (κ2) is 9.78. The highest BCUT2D eigenvalue weighted by molar-refractivity contribution is 9.10. The van der Waals surface area contributed by atoms with Crippen molar-refractivity contribution < 1.29 is 19.1 Å². The minimum atomic E-state index is -0.454. The van der Waals surface area contributed by atoms with Crippen LogP contribution in [0.5, 0.6) is 0 Å². The predicted molar refractivity (Wildman–Crippen MR) is 106 cm³/mol. The lowest BCUT2D eigenvalue weighted by Gasteiger charge is -2.10. The topological polar surface area (TPSA) is 128 Å². The molecular formula is C17H24BrN5O5. The fourth-order valence-electron chi connectivity index (χ4n) is 2.13. The largest absolute Gasteiger partial charge is 0.463 e. The lowest BCUT2D eigenvalue weighted by molar-refractivity contribution is -0.148. The van der Waals surface area contributed by atoms with Crippen LogP contribution in [0.15, 0.2) is 9.53 Å². The summed E-state index contributed by atoms with van der Waals surface area (Å²) < 4.78 is 12.6. The molecule has 0 radical (unpaired) electrons. The highest BCUT2D eigenvalue weighted by Gasteiger charge is 2.16. The van der Waals surface area contributed by atoms with E-state index in [0.717, 1.165) is 0 Å². The van der Waals surface area contributed by atoms with Gasteiger partial charge in [0.25, 0.3) is 5.56 Å². The molecule has 0 bridgehead atoms. The molecular weight excluding hydrogens is 434 g/mol. The van der Waals surface area contributed by atoms with Gasteiger partial charge in [-0.15, -0.1) is 0 Å². The summed E-state index contributed by atoms with van der Waals surface area (Å²) in [5.41, 5.74) is 0.0230. The first-order valence-electron chi connectivity index (χ1n) is 8.92. The summed E-state index contributed by atoms with van der Waals surface area (Å²) in [6.07, 6.45) is 0. The molecule has 0 unspecified atom stereocenters. The van der Waals surface area contributed by atoms with E-state index in [2.05, 4.69) is 36.2 Å². The number of carbonyl (C=O) groups excluding carboxylic acids is 2. The molecule has 0 saturated carbocycles. The Hall–Kier alpha value is -2.27. The Kier molecular flexibility index (Phi) is 7.69. The van der Waals surface area contributed by atoms with Crippen molar-refractivity contribution in [1.29, 1.82) is 0 Å². The number of H-pyrrole nitrogens is 1. The lowest BCUT2D eigenvalue weighted by atomic mass is 10.2. The zero-order valence-electron chi connectivity index (χ0n) is 16.2. The van der Waals surface area contributed by atoms with Gasteiger partial charge in [0.1, 0.15) is 6.61 Å². The van der Waals surface area contributed by atoms with E-state index in [-0.39, 0.29) is 48.4 Å². The molecule has 0 aliphatic carbocycles. The summed E-state index contributed by atoms with van der Waals surface area (Å²) in [5, 5.41) is 2.57. The number of aromatic nitrogens is 4. The van der Waals surface area contributed by atoms with Crippen molar-refractivity contribution in [3.8, 4) is 0 Å². The molecule has 0 saturated heterocycles. The van der Waals surface area contributed by atoms with Crippen LogP contribution in [0.2, 0.25) is 0 Å². The third kappa shape index (κ3) is 5.61. The van der Waals surface area contributed by atoms with Crippen LogP contribution in [0, 0.1) is 11.8 Å². The van der Waals surface area contributed by atoms with Crippen LogP contribution in [0.3, 0.4) is 0 Å². The number of hydrogen-bond acceptors (Lipinski definition) is 7. The Labute approximate surface area is 170 Å². The number of nitrogens with zero attached hydrogens (tertiary/aromatic N) is 3. The van der Waals surface area contributed by atoms with Crippen LogP contribution in [0.1, 0.15) is 27.7 Å². The first kappa shape index (κ1) is 22.0. The van der Waals surface area contributed by atoms with Gasteiger partial charge in [-0.1, -0.05) is 27.7 Å². The lowest BCUT2D eigenvalue weighted by Crippen LogP contribution is -2.22. The first-order chi connectivity index (χ1) is 13.2. The molecule has 0 aliphatic heterocycles. The minimum Gasteiger partial charge on any atom is -0.463 e. The highest BCUT2D eigenvalue weighted by Crippen LogP contribution is 2.17. The maximum Gasteiger partial charge on any atom is 0.308 e. The monoisotopic (exact) mass is 457 g/mol. The highest BCUT2D eigenvalue weighted by atomic mass is 79.9. The van der Waals surface area contributed by atoms with E-state index in [4.69, 9.17) is 9.47 Å². The fourth-order valence-corrected chi connectivity index (χ4v) is 2.65. The van der Waals surface area contributed by atoms with Gasteiger partial charge < -0.3 is 14.0 Å². The van der Waals surface area contributed by atoms with Crippen molar-refractivity contribution in [2.75, 3.05) is 25.1 Å². The van der Waals surface area contributed by atoms with Crippen LogP contribution in [-0.2, 0) is 25.6 Å². The number of halogens is 1. The van der Waals surface area contributed by atoms with Gasteiger partial charge in [0.05, 0.1) is 25.7 Å². The van der Waals surface area contributed by atoms with Gasteiger partial charge in [-0.3, -0.25) is 24.7 Å². The summed E-state index contributed by atoms with van der Waals surface area (Å²) in [5.74, 6) is -0.900. The molecule has 10 nitrogen and oxygen atoms in total. The smallest absolute Gasteiger partial charge is 0.308 e. The number of esters is 1. The van der Waals surface area contributed by atoms with Crippen molar-refractivity contribution in [2.45, 2.75) is 34.2 Å². The third-order valence-corrected chi connectivity index (χ3v) is 4.33. The maximum atomic E-state index is 12.2. The van der Waals surface area contributed by atoms with E-state index in [9.17, 15) is 14.4 Å². The Morgan fingerprint density at radius 2 is 1.86 bits per heavy atom. The quantitative estimate of drug-likeness (QED) is 0.333. The number of amides is 1. The molecule has 2 heterocycles. The van der Waals surface area contributed by atoms with E-state index in [1.807, 2.05) is 0 Å². The summed E-state index contributed by atoms with van der Waals surface area (Å²) in [6.45, 7) is 8.09. The Morgan fingerprint density at radius 1 is 1.14 bits per heavy atom. The number of fused-ring (bicyclic) bond motifs is 1. The van der Waals surface area contributed by atoms with Crippen molar-refractivity contribution in [3.63, 3.8) is 0 Å². The molecule has 2 N–H and O–H groups in total. The Balaban J connectivity index is 2.03. The second-order valence-corrected chi connectivity index (χ2v) is 7.41.